The third kappa shape index (κ3) is 23.6. The maximum absolute atomic E-state index is 14.1. The molecule has 1 N–H and O–H groups in total. The highest BCUT2D eigenvalue weighted by Crippen LogP contribution is 2.37. The molecule has 10 nitrogen and oxygen atoms in total. The SMILES string of the molecule is CCCCCCCCCCCC=CC[C@@H](OCCCC)[C@@H](OCCCC)[C@H](CO[C@H]1OC2COC(c3ccccc3)O[C@@H]2[C@H](OCCCC)C1OCCCC)NC(=O)CCCCCc1ccccc1. The fraction of sp³-hybridized carbons (Fsp3) is 0.746. The van der Waals surface area contributed by atoms with Crippen LogP contribution in [-0.4, -0.2) is 94.5 Å². The number of amides is 1. The number of hydrogen-bond acceptors (Lipinski definition) is 9. The molecule has 4 rings (SSSR count). The first kappa shape index (κ1) is 58.9. The van der Waals surface area contributed by atoms with Crippen molar-refractivity contribution in [3.63, 3.8) is 0 Å². The van der Waals surface area contributed by atoms with Crippen molar-refractivity contribution in [3.8, 4) is 0 Å². The van der Waals surface area contributed by atoms with E-state index in [1.54, 1.807) is 0 Å². The van der Waals surface area contributed by atoms with Crippen LogP contribution in [0.15, 0.2) is 72.8 Å². The van der Waals surface area contributed by atoms with E-state index in [0.717, 1.165) is 89.0 Å². The molecule has 10 heteroatoms. The Morgan fingerprint density at radius 2 is 1.22 bits per heavy atom. The van der Waals surface area contributed by atoms with Gasteiger partial charge < -0.3 is 43.2 Å². The molecule has 2 aromatic rings. The standard InChI is InChI=1S/C59H97NO9/c1-6-11-16-17-18-19-20-21-22-23-24-33-40-51(62-42-12-7-2)54(63-43-13-8-3)50(60-53(61)41-34-26-30-37-48-35-28-25-29-36-48)46-66-59-57(65-45-15-10-5)56(64-44-14-9-4)55-52(68-59)47-67-58(69-55)49-38-31-27-32-39-49/h24-25,27-29,31-33,35-36,38-39,50-52,54-59H,6-23,26,30,34,37,40-47H2,1-5H3,(H,60,61)/t50-,51+,52?,54-,55-,56-,57?,58?,59-/m0/s1. The minimum absolute atomic E-state index is 0.0113. The summed E-state index contributed by atoms with van der Waals surface area (Å²) in [5, 5.41) is 3.44. The molecule has 0 saturated carbocycles. The number of aryl methyl sites for hydroxylation is 1. The summed E-state index contributed by atoms with van der Waals surface area (Å²) < 4.78 is 53.9. The van der Waals surface area contributed by atoms with E-state index in [1.165, 1.54) is 63.4 Å². The van der Waals surface area contributed by atoms with Gasteiger partial charge in [-0.1, -0.05) is 191 Å². The lowest BCUT2D eigenvalue weighted by molar-refractivity contribution is -0.371. The number of rotatable bonds is 41. The van der Waals surface area contributed by atoms with Crippen molar-refractivity contribution in [2.45, 2.75) is 244 Å². The fourth-order valence-electron chi connectivity index (χ4n) is 9.13. The summed E-state index contributed by atoms with van der Waals surface area (Å²) in [5.74, 6) is -0.0113. The van der Waals surface area contributed by atoms with Crippen LogP contribution >= 0.6 is 0 Å². The van der Waals surface area contributed by atoms with Crippen LogP contribution in [0.1, 0.15) is 200 Å². The second-order valence-electron chi connectivity index (χ2n) is 19.4. The Morgan fingerprint density at radius 1 is 0.623 bits per heavy atom. The van der Waals surface area contributed by atoms with Gasteiger partial charge in [0.25, 0.3) is 0 Å². The van der Waals surface area contributed by atoms with Crippen molar-refractivity contribution >= 4 is 5.91 Å². The molecule has 3 unspecified atom stereocenters. The molecule has 2 saturated heterocycles. The van der Waals surface area contributed by atoms with Crippen LogP contribution in [0.3, 0.4) is 0 Å². The highest BCUT2D eigenvalue weighted by molar-refractivity contribution is 5.76. The predicted molar refractivity (Wildman–Crippen MR) is 279 cm³/mol. The van der Waals surface area contributed by atoms with Gasteiger partial charge in [0.15, 0.2) is 12.6 Å². The summed E-state index contributed by atoms with van der Waals surface area (Å²) in [5.41, 5.74) is 2.28. The maximum atomic E-state index is 14.1. The molecule has 0 radical (unpaired) electrons. The molecular weight excluding hydrogens is 867 g/mol. The molecule has 1 amide bonds. The van der Waals surface area contributed by atoms with Crippen LogP contribution in [0.25, 0.3) is 0 Å². The van der Waals surface area contributed by atoms with Gasteiger partial charge in [0.05, 0.1) is 25.4 Å². The Kier molecular flexibility index (Phi) is 32.5. The number of unbranched alkanes of at least 4 members (excludes halogenated alkanes) is 15. The Labute approximate surface area is 420 Å². The van der Waals surface area contributed by atoms with Gasteiger partial charge in [-0.3, -0.25) is 4.79 Å². The summed E-state index contributed by atoms with van der Waals surface area (Å²) in [4.78, 5) is 14.1. The number of benzene rings is 2. The molecule has 2 fully saturated rings. The van der Waals surface area contributed by atoms with E-state index in [2.05, 4.69) is 82.4 Å². The van der Waals surface area contributed by atoms with Gasteiger partial charge in [-0.2, -0.15) is 0 Å². The van der Waals surface area contributed by atoms with Crippen LogP contribution in [-0.2, 0) is 49.1 Å². The van der Waals surface area contributed by atoms with Crippen molar-refractivity contribution < 1.29 is 42.7 Å². The molecule has 0 aromatic heterocycles. The lowest BCUT2D eigenvalue weighted by atomic mass is 9.96. The zero-order chi connectivity index (χ0) is 49.0. The van der Waals surface area contributed by atoms with Crippen molar-refractivity contribution in [2.75, 3.05) is 39.6 Å². The normalized spacial score (nSPS) is 21.8. The number of ether oxygens (including phenoxy) is 8. The largest absolute Gasteiger partial charge is 0.375 e. The Bertz CT molecular complexity index is 1550. The van der Waals surface area contributed by atoms with E-state index < -0.39 is 49.1 Å². The van der Waals surface area contributed by atoms with Crippen LogP contribution in [0.4, 0.5) is 0 Å². The van der Waals surface area contributed by atoms with E-state index in [1.807, 2.05) is 30.3 Å². The smallest absolute Gasteiger partial charge is 0.220 e. The predicted octanol–water partition coefficient (Wildman–Crippen LogP) is 13.7. The molecule has 0 spiro atoms. The molecule has 0 bridgehead atoms. The molecule has 2 heterocycles. The minimum Gasteiger partial charge on any atom is -0.375 e. The Balaban J connectivity index is 1.56. The quantitative estimate of drug-likeness (QED) is 0.0515. The third-order valence-electron chi connectivity index (χ3n) is 13.4. The van der Waals surface area contributed by atoms with Gasteiger partial charge in [-0.15, -0.1) is 0 Å². The molecule has 2 aromatic carbocycles. The van der Waals surface area contributed by atoms with Crippen molar-refractivity contribution in [1.82, 2.24) is 5.32 Å². The number of fused-ring (bicyclic) bond motifs is 1. The number of hydrogen-bond donors (Lipinski definition) is 1. The summed E-state index contributed by atoms with van der Waals surface area (Å²) >= 11 is 0. The van der Waals surface area contributed by atoms with E-state index in [9.17, 15) is 4.79 Å². The van der Waals surface area contributed by atoms with Crippen molar-refractivity contribution in [1.29, 1.82) is 0 Å². The van der Waals surface area contributed by atoms with Gasteiger partial charge in [-0.25, -0.2) is 0 Å². The average molecular weight is 964 g/mol. The van der Waals surface area contributed by atoms with E-state index >= 15 is 0 Å². The number of nitrogens with one attached hydrogen (secondary N) is 1. The molecule has 2 aliphatic heterocycles. The lowest BCUT2D eigenvalue weighted by Gasteiger charge is -2.49. The Hall–Kier alpha value is -2.67. The van der Waals surface area contributed by atoms with Crippen LogP contribution < -0.4 is 5.32 Å². The number of carbonyl (C=O) groups excluding carboxylic acids is 1. The van der Waals surface area contributed by atoms with Gasteiger partial charge in [-0.05, 0) is 69.8 Å². The van der Waals surface area contributed by atoms with Crippen molar-refractivity contribution in [2.24, 2.45) is 0 Å². The molecule has 9 atom stereocenters. The summed E-state index contributed by atoms with van der Waals surface area (Å²) in [6, 6.07) is 20.1. The van der Waals surface area contributed by atoms with Gasteiger partial charge in [0, 0.05) is 38.4 Å². The van der Waals surface area contributed by atoms with Gasteiger partial charge >= 0.3 is 0 Å². The molecule has 0 aliphatic carbocycles. The van der Waals surface area contributed by atoms with Crippen LogP contribution in [0.5, 0.6) is 0 Å². The fourth-order valence-corrected chi connectivity index (χ4v) is 9.13. The average Bonchev–Trinajstić information content (AvgIpc) is 3.37. The summed E-state index contributed by atoms with van der Waals surface area (Å²) in [7, 11) is 0. The highest BCUT2D eigenvalue weighted by Gasteiger charge is 2.52. The van der Waals surface area contributed by atoms with Gasteiger partial charge in [0.1, 0.15) is 30.5 Å². The first-order valence-electron chi connectivity index (χ1n) is 28.1. The number of carbonyl (C=O) groups is 1. The molecule has 69 heavy (non-hydrogen) atoms. The monoisotopic (exact) mass is 964 g/mol. The zero-order valence-corrected chi connectivity index (χ0v) is 44.0. The van der Waals surface area contributed by atoms with E-state index in [4.69, 9.17) is 37.9 Å². The van der Waals surface area contributed by atoms with Crippen LogP contribution in [0, 0.1) is 0 Å². The molecule has 392 valence electrons. The first-order valence-corrected chi connectivity index (χ1v) is 28.1. The Morgan fingerprint density at radius 3 is 1.90 bits per heavy atom. The topological polar surface area (TPSA) is 103 Å². The van der Waals surface area contributed by atoms with Gasteiger partial charge in [0.2, 0.25) is 5.91 Å². The lowest BCUT2D eigenvalue weighted by Crippen LogP contribution is -2.64. The second kappa shape index (κ2) is 38.0. The molecular formula is C59H97NO9. The minimum atomic E-state index is -0.806. The van der Waals surface area contributed by atoms with Crippen LogP contribution in [0.2, 0.25) is 0 Å². The number of allylic oxidation sites excluding steroid dienone is 1. The third-order valence-corrected chi connectivity index (χ3v) is 13.4. The summed E-state index contributed by atoms with van der Waals surface area (Å²) in [6.45, 7) is 13.7. The maximum Gasteiger partial charge on any atom is 0.220 e. The first-order chi connectivity index (χ1) is 34.0. The highest BCUT2D eigenvalue weighted by atomic mass is 16.8. The van der Waals surface area contributed by atoms with E-state index in [-0.39, 0.29) is 18.6 Å². The van der Waals surface area contributed by atoms with E-state index in [0.29, 0.717) is 45.9 Å². The van der Waals surface area contributed by atoms with Crippen molar-refractivity contribution in [3.05, 3.63) is 83.9 Å². The summed E-state index contributed by atoms with van der Waals surface area (Å²) in [6.07, 6.45) is 26.0. The zero-order valence-electron chi connectivity index (χ0n) is 44.0. The second-order valence-corrected chi connectivity index (χ2v) is 19.4. The molecule has 2 aliphatic rings.